The summed E-state index contributed by atoms with van der Waals surface area (Å²) in [5.74, 6) is 0.559. The first kappa shape index (κ1) is 15.6. The van der Waals surface area contributed by atoms with Crippen LogP contribution < -0.4 is 10.6 Å². The van der Waals surface area contributed by atoms with Crippen LogP contribution in [0.25, 0.3) is 0 Å². The van der Waals surface area contributed by atoms with Gasteiger partial charge in [-0.15, -0.1) is 0 Å². The summed E-state index contributed by atoms with van der Waals surface area (Å²) in [7, 11) is 0. The molecule has 120 valence electrons. The van der Waals surface area contributed by atoms with Gasteiger partial charge in [-0.05, 0) is 56.2 Å². The Labute approximate surface area is 138 Å². The van der Waals surface area contributed by atoms with Gasteiger partial charge in [0.1, 0.15) is 0 Å². The molecule has 1 fully saturated rings. The van der Waals surface area contributed by atoms with Gasteiger partial charge >= 0.3 is 6.03 Å². The second-order valence-electron chi connectivity index (χ2n) is 6.60. The first-order valence-electron chi connectivity index (χ1n) is 8.25. The molecule has 1 aliphatic rings. The zero-order valence-corrected chi connectivity index (χ0v) is 14.0. The van der Waals surface area contributed by atoms with Crippen molar-refractivity contribution in [2.24, 2.45) is 5.92 Å². The van der Waals surface area contributed by atoms with Crippen molar-refractivity contribution in [1.29, 1.82) is 0 Å². The number of amides is 2. The van der Waals surface area contributed by atoms with Crippen LogP contribution in [-0.2, 0) is 0 Å². The molecule has 3 rings (SSSR count). The van der Waals surface area contributed by atoms with Gasteiger partial charge in [0, 0.05) is 5.69 Å². The minimum atomic E-state index is -0.124. The van der Waals surface area contributed by atoms with Gasteiger partial charge in [-0.25, -0.2) is 4.79 Å². The lowest BCUT2D eigenvalue weighted by molar-refractivity contribution is 0.247. The average molecular weight is 308 g/mol. The Balaban J connectivity index is 1.73. The maximum atomic E-state index is 12.5. The largest absolute Gasteiger partial charge is 0.331 e. The third-order valence-corrected chi connectivity index (χ3v) is 4.45. The Morgan fingerprint density at radius 2 is 1.65 bits per heavy atom. The van der Waals surface area contributed by atoms with E-state index in [0.717, 1.165) is 16.8 Å². The van der Waals surface area contributed by atoms with Crippen LogP contribution in [-0.4, -0.2) is 6.03 Å². The van der Waals surface area contributed by atoms with Gasteiger partial charge in [0.05, 0.1) is 6.04 Å². The minimum Gasteiger partial charge on any atom is -0.331 e. The fraction of sp³-hybridized carbons (Fsp3) is 0.350. The van der Waals surface area contributed by atoms with Crippen LogP contribution >= 0.6 is 0 Å². The lowest BCUT2D eigenvalue weighted by Crippen LogP contribution is -2.34. The monoisotopic (exact) mass is 308 g/mol. The van der Waals surface area contributed by atoms with Crippen LogP contribution in [0, 0.1) is 26.7 Å². The van der Waals surface area contributed by atoms with E-state index >= 15 is 0 Å². The highest BCUT2D eigenvalue weighted by Gasteiger charge is 2.33. The molecule has 2 aromatic carbocycles. The van der Waals surface area contributed by atoms with Crippen molar-refractivity contribution in [3.63, 3.8) is 0 Å². The summed E-state index contributed by atoms with van der Waals surface area (Å²) in [6, 6.07) is 14.4. The van der Waals surface area contributed by atoms with Crippen LogP contribution in [0.2, 0.25) is 0 Å². The molecule has 1 aliphatic carbocycles. The van der Waals surface area contributed by atoms with E-state index in [1.165, 1.54) is 24.0 Å². The molecule has 0 radical (unpaired) electrons. The highest BCUT2D eigenvalue weighted by Crippen LogP contribution is 2.41. The minimum absolute atomic E-state index is 0.0993. The van der Waals surface area contributed by atoms with E-state index in [-0.39, 0.29) is 12.1 Å². The molecule has 0 spiro atoms. The van der Waals surface area contributed by atoms with E-state index in [1.807, 2.05) is 32.0 Å². The number of carbonyl (C=O) groups excluding carboxylic acids is 1. The number of hydrogen-bond acceptors (Lipinski definition) is 1. The molecule has 1 saturated carbocycles. The number of benzene rings is 2. The number of hydrogen-bond donors (Lipinski definition) is 2. The van der Waals surface area contributed by atoms with E-state index in [1.54, 1.807) is 0 Å². The van der Waals surface area contributed by atoms with Crippen molar-refractivity contribution in [2.75, 3.05) is 5.32 Å². The topological polar surface area (TPSA) is 41.1 Å². The molecule has 1 atom stereocenters. The van der Waals surface area contributed by atoms with Crippen molar-refractivity contribution < 1.29 is 4.79 Å². The third-order valence-electron chi connectivity index (χ3n) is 4.45. The average Bonchev–Trinajstić information content (AvgIpc) is 3.34. The van der Waals surface area contributed by atoms with Gasteiger partial charge in [0.25, 0.3) is 0 Å². The molecule has 0 saturated heterocycles. The van der Waals surface area contributed by atoms with Crippen LogP contribution in [0.4, 0.5) is 10.5 Å². The maximum Gasteiger partial charge on any atom is 0.319 e. The first-order valence-corrected chi connectivity index (χ1v) is 8.25. The molecule has 23 heavy (non-hydrogen) atoms. The third kappa shape index (κ3) is 3.73. The Kier molecular flexibility index (Phi) is 4.37. The number of carbonyl (C=O) groups is 1. The molecule has 1 unspecified atom stereocenters. The van der Waals surface area contributed by atoms with E-state index in [4.69, 9.17) is 0 Å². The van der Waals surface area contributed by atoms with Gasteiger partial charge in [-0.3, -0.25) is 0 Å². The quantitative estimate of drug-likeness (QED) is 0.830. The summed E-state index contributed by atoms with van der Waals surface area (Å²) in [6.07, 6.45) is 2.37. The zero-order valence-electron chi connectivity index (χ0n) is 14.0. The highest BCUT2D eigenvalue weighted by atomic mass is 16.2. The van der Waals surface area contributed by atoms with E-state index in [9.17, 15) is 4.79 Å². The van der Waals surface area contributed by atoms with Crippen molar-refractivity contribution in [1.82, 2.24) is 5.32 Å². The summed E-state index contributed by atoms with van der Waals surface area (Å²) < 4.78 is 0. The number of urea groups is 1. The van der Waals surface area contributed by atoms with Gasteiger partial charge in [-0.1, -0.05) is 48.0 Å². The fourth-order valence-electron chi connectivity index (χ4n) is 3.23. The first-order chi connectivity index (χ1) is 11.0. The lowest BCUT2D eigenvalue weighted by Gasteiger charge is -2.20. The van der Waals surface area contributed by atoms with E-state index in [0.29, 0.717) is 5.92 Å². The molecular formula is C20H24N2O. The normalized spacial score (nSPS) is 15.1. The molecule has 2 aromatic rings. The molecule has 0 bridgehead atoms. The van der Waals surface area contributed by atoms with E-state index < -0.39 is 0 Å². The number of rotatable bonds is 4. The molecule has 0 aliphatic heterocycles. The van der Waals surface area contributed by atoms with Gasteiger partial charge in [0.15, 0.2) is 0 Å². The molecular weight excluding hydrogens is 284 g/mol. The summed E-state index contributed by atoms with van der Waals surface area (Å²) >= 11 is 0. The molecule has 3 heteroatoms. The smallest absolute Gasteiger partial charge is 0.319 e. The Morgan fingerprint density at radius 1 is 1.04 bits per heavy atom. The second kappa shape index (κ2) is 6.45. The van der Waals surface area contributed by atoms with Gasteiger partial charge in [-0.2, -0.15) is 0 Å². The van der Waals surface area contributed by atoms with Crippen molar-refractivity contribution >= 4 is 11.7 Å². The second-order valence-corrected chi connectivity index (χ2v) is 6.60. The SMILES string of the molecule is Cc1cc(C)c(NC(=O)NC(c2ccccc2)C2CC2)c(C)c1. The van der Waals surface area contributed by atoms with Crippen LogP contribution in [0.15, 0.2) is 42.5 Å². The number of anilines is 1. The van der Waals surface area contributed by atoms with Gasteiger partial charge in [0.2, 0.25) is 0 Å². The Hall–Kier alpha value is -2.29. The highest BCUT2D eigenvalue weighted by molar-refractivity contribution is 5.91. The molecule has 2 N–H and O–H groups in total. The van der Waals surface area contributed by atoms with Gasteiger partial charge < -0.3 is 10.6 Å². The molecule has 2 amide bonds. The number of aryl methyl sites for hydroxylation is 3. The lowest BCUT2D eigenvalue weighted by atomic mass is 10.0. The zero-order chi connectivity index (χ0) is 16.4. The Bertz CT molecular complexity index is 682. The van der Waals surface area contributed by atoms with Crippen LogP contribution in [0.1, 0.15) is 41.1 Å². The van der Waals surface area contributed by atoms with Crippen molar-refractivity contribution in [3.8, 4) is 0 Å². The van der Waals surface area contributed by atoms with Crippen LogP contribution in [0.5, 0.6) is 0 Å². The van der Waals surface area contributed by atoms with Crippen molar-refractivity contribution in [2.45, 2.75) is 39.7 Å². The molecule has 0 aromatic heterocycles. The summed E-state index contributed by atoms with van der Waals surface area (Å²) in [5, 5.41) is 6.20. The summed E-state index contributed by atoms with van der Waals surface area (Å²) in [6.45, 7) is 6.14. The summed E-state index contributed by atoms with van der Waals surface area (Å²) in [5.41, 5.74) is 5.50. The maximum absolute atomic E-state index is 12.5. The standard InChI is InChI=1S/C20H24N2O/c1-13-11-14(2)18(15(3)12-13)21-20(23)22-19(17-9-10-17)16-7-5-4-6-8-16/h4-8,11-12,17,19H,9-10H2,1-3H3,(H2,21,22,23). The number of nitrogens with one attached hydrogen (secondary N) is 2. The molecule has 0 heterocycles. The van der Waals surface area contributed by atoms with Crippen molar-refractivity contribution in [3.05, 3.63) is 64.7 Å². The Morgan fingerprint density at radius 3 is 2.22 bits per heavy atom. The van der Waals surface area contributed by atoms with E-state index in [2.05, 4.69) is 41.8 Å². The predicted molar refractivity (Wildman–Crippen MR) is 94.7 cm³/mol. The molecule has 3 nitrogen and oxygen atoms in total. The fourth-order valence-corrected chi connectivity index (χ4v) is 3.23. The van der Waals surface area contributed by atoms with Crippen LogP contribution in [0.3, 0.4) is 0 Å². The summed E-state index contributed by atoms with van der Waals surface area (Å²) in [4.78, 5) is 12.5. The predicted octanol–water partition coefficient (Wildman–Crippen LogP) is 4.88.